The molecule has 4 heterocycles. The lowest BCUT2D eigenvalue weighted by Gasteiger charge is -2.47. The number of nitrogens with zero attached hydrogens (tertiary/aromatic N) is 1. The smallest absolute Gasteiger partial charge is 0.407 e. The number of carboxylic acids is 1. The Balaban J connectivity index is 1.08. The first kappa shape index (κ1) is 65.1. The van der Waals surface area contributed by atoms with Crippen LogP contribution >= 0.6 is 0 Å². The number of methoxy groups -OCH3 is 3. The Morgan fingerprint density at radius 2 is 1.57 bits per heavy atom. The van der Waals surface area contributed by atoms with Gasteiger partial charge in [0.2, 0.25) is 5.79 Å². The third-order valence-electron chi connectivity index (χ3n) is 17.9. The number of hydrogen-bond acceptors (Lipinski definition) is 18. The number of aromatic carboxylic acids is 1. The summed E-state index contributed by atoms with van der Waals surface area (Å²) in [6.07, 6.45) is -0.441. The van der Waals surface area contributed by atoms with Crippen LogP contribution in [-0.2, 0) is 54.1 Å². The first-order chi connectivity index (χ1) is 41.0. The molecule has 0 aromatic heterocycles. The van der Waals surface area contributed by atoms with Gasteiger partial charge >= 0.3 is 18.0 Å². The minimum absolute atomic E-state index is 0.00601. The van der Waals surface area contributed by atoms with Crippen molar-refractivity contribution in [2.75, 3.05) is 34.5 Å². The van der Waals surface area contributed by atoms with Crippen molar-refractivity contribution in [1.29, 1.82) is 0 Å². The third kappa shape index (κ3) is 14.4. The van der Waals surface area contributed by atoms with Crippen LogP contribution in [0.1, 0.15) is 121 Å². The van der Waals surface area contributed by atoms with Crippen LogP contribution in [0.2, 0.25) is 0 Å². The Morgan fingerprint density at radius 3 is 2.29 bits per heavy atom. The molecule has 2 aromatic carbocycles. The molecule has 8 rings (SSSR count). The number of cyclic esters (lactones) is 1. The molecule has 2 bridgehead atoms. The van der Waals surface area contributed by atoms with E-state index in [1.165, 1.54) is 51.7 Å². The normalized spacial score (nSPS) is 31.1. The number of phenols is 1. The molecule has 21 nitrogen and oxygen atoms in total. The summed E-state index contributed by atoms with van der Waals surface area (Å²) < 4.78 is 42.0. The largest absolute Gasteiger partial charge is 0.507 e. The van der Waals surface area contributed by atoms with Gasteiger partial charge in [0.15, 0.2) is 5.43 Å². The van der Waals surface area contributed by atoms with Gasteiger partial charge in [-0.2, -0.15) is 0 Å². The quantitative estimate of drug-likeness (QED) is 0.0343. The number of nitrogens with one attached hydrogen (secondary N) is 1. The summed E-state index contributed by atoms with van der Waals surface area (Å²) in [4.78, 5) is 98.2. The number of aliphatic hydroxyl groups excluding tert-OH is 2. The van der Waals surface area contributed by atoms with E-state index in [4.69, 9.17) is 32.8 Å². The lowest BCUT2D eigenvalue weighted by atomic mass is 9.81. The van der Waals surface area contributed by atoms with Crippen molar-refractivity contribution < 1.29 is 87.1 Å². The Hall–Kier alpha value is -6.85. The summed E-state index contributed by atoms with van der Waals surface area (Å²) in [7, 11) is 4.47. The number of benzene rings is 3. The highest BCUT2D eigenvalue weighted by Gasteiger charge is 2.57. The number of fused-ring (bicyclic) bond motifs is 5. The number of aliphatic hydroxyl groups is 3. The first-order valence-corrected chi connectivity index (χ1v) is 29.7. The van der Waals surface area contributed by atoms with Gasteiger partial charge in [0.1, 0.15) is 41.1 Å². The van der Waals surface area contributed by atoms with E-state index in [9.17, 15) is 59.1 Å². The van der Waals surface area contributed by atoms with Crippen LogP contribution in [0.25, 0.3) is 33.4 Å². The van der Waals surface area contributed by atoms with Crippen molar-refractivity contribution in [2.24, 2.45) is 29.6 Å². The number of rotatable bonds is 12. The highest BCUT2D eigenvalue weighted by molar-refractivity contribution is 6.39. The van der Waals surface area contributed by atoms with E-state index in [0.29, 0.717) is 72.6 Å². The number of allylic oxidation sites excluding steroid dienone is 3. The van der Waals surface area contributed by atoms with Gasteiger partial charge < -0.3 is 68.6 Å². The van der Waals surface area contributed by atoms with Crippen LogP contribution in [0, 0.1) is 29.6 Å². The van der Waals surface area contributed by atoms with Crippen molar-refractivity contribution in [2.45, 2.75) is 166 Å². The molecule has 6 aliphatic rings. The average molecular weight is 1200 g/mol. The molecular weight excluding hydrogens is 1110 g/mol. The van der Waals surface area contributed by atoms with Crippen LogP contribution in [0.15, 0.2) is 87.1 Å². The minimum Gasteiger partial charge on any atom is -0.507 e. The summed E-state index contributed by atoms with van der Waals surface area (Å²) in [5, 5.41) is 59.5. The molecule has 2 amide bonds. The van der Waals surface area contributed by atoms with Gasteiger partial charge in [-0.15, -0.1) is 0 Å². The van der Waals surface area contributed by atoms with E-state index in [1.807, 2.05) is 19.9 Å². The number of carboxylic acid groups (broad SMARTS) is 1. The van der Waals surface area contributed by atoms with E-state index in [2.05, 4.69) is 5.32 Å². The number of esters is 1. The summed E-state index contributed by atoms with van der Waals surface area (Å²) in [6, 6.07) is 12.1. The summed E-state index contributed by atoms with van der Waals surface area (Å²) in [6.45, 7) is 8.14. The predicted molar refractivity (Wildman–Crippen MR) is 314 cm³/mol. The Labute approximate surface area is 499 Å². The number of phenolic OH excluding ortho intramolecular Hbond substituents is 1. The number of ether oxygens (including phenoxy) is 6. The zero-order valence-corrected chi connectivity index (χ0v) is 50.2. The zero-order chi connectivity index (χ0) is 62.3. The number of carbonyl (C=O) groups excluding carboxylic acids is 5. The minimum atomic E-state index is -2.62. The molecule has 466 valence electrons. The van der Waals surface area contributed by atoms with E-state index in [0.717, 1.165) is 10.5 Å². The maximum Gasteiger partial charge on any atom is 0.407 e. The summed E-state index contributed by atoms with van der Waals surface area (Å²) >= 11 is 0. The van der Waals surface area contributed by atoms with Crippen molar-refractivity contribution in [3.8, 4) is 28.2 Å². The van der Waals surface area contributed by atoms with Crippen molar-refractivity contribution in [1.82, 2.24) is 10.2 Å². The van der Waals surface area contributed by atoms with Gasteiger partial charge in [0.25, 0.3) is 11.7 Å². The molecule has 6 N–H and O–H groups in total. The molecule has 0 radical (unpaired) electrons. The second-order valence-corrected chi connectivity index (χ2v) is 24.0. The fourth-order valence-electron chi connectivity index (χ4n) is 13.1. The van der Waals surface area contributed by atoms with Crippen molar-refractivity contribution in [3.63, 3.8) is 0 Å². The Morgan fingerprint density at radius 1 is 0.849 bits per heavy atom. The average Bonchev–Trinajstić information content (AvgIpc) is 0.815. The van der Waals surface area contributed by atoms with Gasteiger partial charge in [-0.25, -0.2) is 14.4 Å². The molecule has 4 aliphatic heterocycles. The SMILES string of the molecule is CO[C@H]1C[C@@H](C)C/C(C)=C/[C@@H](CCOC(=O)NCc2c(O)ccc3c(-c4ccccc4C(=O)O)c4ccc(=O)cc-4oc23)C(=O)C[C@H](O)[C@@H](C)[C@@H](/C(C)=C/C2CC[C@@H](O)[C@H](OC)C2)OC(=O)C2CCCCN2C(=O)C(=O)[C@]2(O)O[C@H]1[C@@H](OC)C[C@H]2C. The molecule has 86 heavy (non-hydrogen) atoms. The number of Topliss-reactive ketones (excluding diaryl/α,β-unsaturated/α-hetero) is 2. The number of hydrogen-bond donors (Lipinski definition) is 6. The monoisotopic (exact) mass is 1190 g/mol. The number of ketones is 2. The molecular formula is C65H82N2O19. The highest BCUT2D eigenvalue weighted by atomic mass is 16.7. The van der Waals surface area contributed by atoms with Crippen LogP contribution in [0.4, 0.5) is 4.79 Å². The third-order valence-corrected chi connectivity index (χ3v) is 17.9. The van der Waals surface area contributed by atoms with E-state index < -0.39 is 114 Å². The maximum absolute atomic E-state index is 14.8. The molecule has 2 aromatic rings. The number of piperidine rings is 1. The molecule has 21 heteroatoms. The Bertz CT molecular complexity index is 3220. The van der Waals surface area contributed by atoms with Crippen molar-refractivity contribution in [3.05, 3.63) is 99.2 Å². The first-order valence-electron chi connectivity index (χ1n) is 29.7. The van der Waals surface area contributed by atoms with Crippen LogP contribution < -0.4 is 10.7 Å². The van der Waals surface area contributed by atoms with E-state index in [-0.39, 0.29) is 84.4 Å². The van der Waals surface area contributed by atoms with E-state index in [1.54, 1.807) is 51.1 Å². The standard InChI is InChI=1S/C65H82N2O19/c1-34-25-35(2)27-54(81-7)59-55(82-8)29-37(4)65(79,86-59)60(73)61(74)67-23-12-11-15-47(67)63(77)85-57(36(3)28-39-16-20-49(70)53(30-39)80-6)38(5)50(71)32-51(72)40(26-34)22-24-83-64(78)66-33-46-48(69)21-19-45-56(42-13-9-10-14-43(42)62(75)76)44-18-17-41(68)31-52(44)84-58(45)46/h9-10,13-14,17-19,21,26,28,31,35,37-40,47,49-50,53-55,57,59,69-71,79H,11-12,15-16,20,22-25,27,29-30,32-33H2,1-8H3,(H,66,78)(H,75,76)/b34-26+,36-28+/t35-,37+,38+,39?,40+,47?,49+,50-,53+,54-,55-,57+,59+,65+/m0/s1. The molecule has 1 saturated carbocycles. The number of alkyl carbamates (subject to hydrolysis) is 1. The number of carbonyl (C=O) groups is 6. The van der Waals surface area contributed by atoms with Gasteiger partial charge in [-0.1, -0.05) is 56.7 Å². The second-order valence-electron chi connectivity index (χ2n) is 24.0. The van der Waals surface area contributed by atoms with Crippen LogP contribution in [0.5, 0.6) is 5.75 Å². The molecule has 2 aliphatic carbocycles. The number of aromatic hydroxyl groups is 1. The zero-order valence-electron chi connectivity index (χ0n) is 50.2. The Kier molecular flexibility index (Phi) is 21.5. The van der Waals surface area contributed by atoms with Gasteiger partial charge in [0.05, 0.1) is 54.8 Å². The lowest BCUT2D eigenvalue weighted by molar-refractivity contribution is -0.302. The van der Waals surface area contributed by atoms with Crippen LogP contribution in [0.3, 0.4) is 0 Å². The fraction of sp³-hybridized carbons (Fsp3) is 0.554. The predicted octanol–water partition coefficient (Wildman–Crippen LogP) is 7.66. The topological polar surface area (TPSA) is 304 Å². The van der Waals surface area contributed by atoms with Gasteiger partial charge in [-0.05, 0) is 131 Å². The van der Waals surface area contributed by atoms with Gasteiger partial charge in [-0.3, -0.25) is 19.2 Å². The van der Waals surface area contributed by atoms with Gasteiger partial charge in [0, 0.05) is 74.6 Å². The number of amides is 2. The molecule has 2 unspecified atom stereocenters. The fourth-order valence-corrected chi connectivity index (χ4v) is 13.1. The molecule has 0 spiro atoms. The lowest BCUT2D eigenvalue weighted by Crippen LogP contribution is -2.64. The second kappa shape index (κ2) is 28.3. The van der Waals surface area contributed by atoms with Crippen LogP contribution in [-0.4, -0.2) is 155 Å². The molecule has 14 atom stereocenters. The summed E-state index contributed by atoms with van der Waals surface area (Å²) in [5.41, 5.74) is 2.26. The maximum atomic E-state index is 14.8. The molecule has 2 saturated heterocycles. The highest BCUT2D eigenvalue weighted by Crippen LogP contribution is 2.44. The molecule has 3 fully saturated rings. The van der Waals surface area contributed by atoms with Crippen molar-refractivity contribution >= 4 is 46.5 Å². The summed E-state index contributed by atoms with van der Waals surface area (Å²) in [5.74, 6) is -10.7. The van der Waals surface area contributed by atoms with E-state index >= 15 is 0 Å².